The third-order valence-corrected chi connectivity index (χ3v) is 13.8. The van der Waals surface area contributed by atoms with Gasteiger partial charge in [0, 0.05) is 45.8 Å². The minimum Gasteiger partial charge on any atom is -0.507 e. The Kier molecular flexibility index (Phi) is 19.1. The molecule has 9 heteroatoms. The van der Waals surface area contributed by atoms with Crippen LogP contribution in [-0.4, -0.2) is 66.3 Å². The molecule has 406 valence electrons. The number of hydrogen-bond acceptors (Lipinski definition) is 9. The Morgan fingerprint density at radius 1 is 0.434 bits per heavy atom. The van der Waals surface area contributed by atoms with E-state index in [9.17, 15) is 15.3 Å². The third kappa shape index (κ3) is 13.6. The van der Waals surface area contributed by atoms with Crippen molar-refractivity contribution in [2.45, 2.75) is 149 Å². The average Bonchev–Trinajstić information content (AvgIpc) is 3.36. The van der Waals surface area contributed by atoms with Crippen LogP contribution >= 0.6 is 0 Å². The summed E-state index contributed by atoms with van der Waals surface area (Å²) >= 11 is 0. The zero-order chi connectivity index (χ0) is 56.6. The van der Waals surface area contributed by atoms with Crippen LogP contribution in [0.25, 0.3) is 0 Å². The summed E-state index contributed by atoms with van der Waals surface area (Å²) in [5.41, 5.74) is 2.68. The maximum Gasteiger partial charge on any atom is 0.144 e. The van der Waals surface area contributed by atoms with E-state index in [2.05, 4.69) is 109 Å². The molecule has 5 aromatic rings. The summed E-state index contributed by atoms with van der Waals surface area (Å²) in [6, 6.07) is 25.5. The van der Waals surface area contributed by atoms with Gasteiger partial charge in [-0.25, -0.2) is 0 Å². The van der Waals surface area contributed by atoms with Crippen LogP contribution in [0.1, 0.15) is 158 Å². The first kappa shape index (κ1) is 60.2. The molecule has 0 aliphatic carbocycles. The molecule has 0 aromatic heterocycles. The van der Waals surface area contributed by atoms with Crippen molar-refractivity contribution in [1.29, 1.82) is 0 Å². The number of ether oxygens (including phenoxy) is 4. The van der Waals surface area contributed by atoms with E-state index in [4.69, 9.17) is 28.9 Å². The summed E-state index contributed by atoms with van der Waals surface area (Å²) in [4.78, 5) is 10.2. The summed E-state index contributed by atoms with van der Waals surface area (Å²) in [5.74, 6) is 1.77. The van der Waals surface area contributed by atoms with Gasteiger partial charge in [0.2, 0.25) is 0 Å². The quantitative estimate of drug-likeness (QED) is 0.0466. The first-order valence-corrected chi connectivity index (χ1v) is 26.4. The van der Waals surface area contributed by atoms with Gasteiger partial charge in [-0.3, -0.25) is 9.98 Å². The second kappa shape index (κ2) is 24.1. The van der Waals surface area contributed by atoms with E-state index in [0.29, 0.717) is 56.4 Å². The van der Waals surface area contributed by atoms with Crippen molar-refractivity contribution in [3.8, 4) is 28.7 Å². The Morgan fingerprint density at radius 3 is 0.882 bits per heavy atom. The Balaban J connectivity index is 1.76. The molecule has 0 amide bonds. The summed E-state index contributed by atoms with van der Waals surface area (Å²) in [7, 11) is 0. The molecular formula is C67H86N2O7. The van der Waals surface area contributed by atoms with Crippen molar-refractivity contribution < 1.29 is 34.3 Å². The summed E-state index contributed by atoms with van der Waals surface area (Å²) in [6.45, 7) is 47.5. The van der Waals surface area contributed by atoms with E-state index in [-0.39, 0.29) is 53.8 Å². The molecule has 0 radical (unpaired) electrons. The van der Waals surface area contributed by atoms with E-state index in [1.165, 1.54) is 0 Å². The molecule has 2 atom stereocenters. The highest BCUT2D eigenvalue weighted by molar-refractivity contribution is 5.92. The first-order chi connectivity index (χ1) is 35.5. The smallest absolute Gasteiger partial charge is 0.144 e. The highest BCUT2D eigenvalue weighted by atomic mass is 16.5. The molecule has 0 spiro atoms. The van der Waals surface area contributed by atoms with Crippen molar-refractivity contribution in [3.63, 3.8) is 0 Å². The van der Waals surface area contributed by atoms with Crippen LogP contribution in [0.4, 0.5) is 0 Å². The van der Waals surface area contributed by atoms with Gasteiger partial charge in [0.25, 0.3) is 0 Å². The zero-order valence-corrected chi connectivity index (χ0v) is 48.2. The highest BCUT2D eigenvalue weighted by Gasteiger charge is 2.45. The number of benzene rings is 5. The Hall–Kier alpha value is -6.68. The number of aryl methyl sites for hydroxylation is 1. The number of rotatable bonds is 22. The van der Waals surface area contributed by atoms with E-state index in [1.807, 2.05) is 106 Å². The molecule has 0 fully saturated rings. The number of phenols is 1. The van der Waals surface area contributed by atoms with Gasteiger partial charge in [-0.05, 0) is 131 Å². The van der Waals surface area contributed by atoms with Gasteiger partial charge >= 0.3 is 0 Å². The lowest BCUT2D eigenvalue weighted by atomic mass is 9.75. The van der Waals surface area contributed by atoms with Crippen LogP contribution in [0.5, 0.6) is 28.7 Å². The first-order valence-electron chi connectivity index (χ1n) is 26.4. The van der Waals surface area contributed by atoms with Gasteiger partial charge in [-0.1, -0.05) is 158 Å². The summed E-state index contributed by atoms with van der Waals surface area (Å²) in [6.07, 6.45) is 9.87. The Morgan fingerprint density at radius 2 is 0.671 bits per heavy atom. The Bertz CT molecular complexity index is 2590. The molecule has 0 saturated carbocycles. The molecule has 0 aliphatic heterocycles. The third-order valence-electron chi connectivity index (χ3n) is 13.8. The number of aliphatic hydroxyl groups is 2. The number of nitrogens with zero attached hydrogens (tertiary/aromatic N) is 2. The molecule has 9 nitrogen and oxygen atoms in total. The second-order valence-corrected chi connectivity index (χ2v) is 24.0. The minimum atomic E-state index is -1.85. The summed E-state index contributed by atoms with van der Waals surface area (Å²) < 4.78 is 25.4. The molecular weight excluding hydrogens is 945 g/mol. The standard InChI is InChI=1S/C67H86N2O7/c1-20-32-73-57-28-24-49(62(8,9)10)38-53(57)66(71,54-39-50(63(11,12)13)25-29-58(54)74-33-21-2)45(6)68-42-47-36-44(5)37-48(61(47)70)43-69-46(7)67(72,55-40-51(64(14,15)16)26-30-59(55)75-34-22-3)56-41-52(65(17,18)19)27-31-60(56)76-35-23-4/h20-31,36-43,45-46,70-72H,1-4,32-35H2,5-19H3/t45-,46-/m1/s1. The van der Waals surface area contributed by atoms with Crippen LogP contribution in [0, 0.1) is 6.92 Å². The van der Waals surface area contributed by atoms with Crippen LogP contribution in [0.15, 0.2) is 146 Å². The van der Waals surface area contributed by atoms with Crippen molar-refractivity contribution in [2.24, 2.45) is 9.98 Å². The fourth-order valence-electron chi connectivity index (χ4n) is 9.10. The molecule has 0 unspecified atom stereocenters. The van der Waals surface area contributed by atoms with Gasteiger partial charge in [0.1, 0.15) is 66.4 Å². The number of aromatic hydroxyl groups is 1. The maximum absolute atomic E-state index is 13.8. The van der Waals surface area contributed by atoms with E-state index >= 15 is 0 Å². The van der Waals surface area contributed by atoms with Crippen molar-refractivity contribution >= 4 is 12.4 Å². The molecule has 0 saturated heterocycles. The lowest BCUT2D eigenvalue weighted by Gasteiger charge is -2.37. The topological polar surface area (TPSA) is 122 Å². The van der Waals surface area contributed by atoms with E-state index < -0.39 is 23.3 Å². The van der Waals surface area contributed by atoms with Crippen molar-refractivity contribution in [2.75, 3.05) is 26.4 Å². The Labute approximate surface area is 455 Å². The number of hydrogen-bond donors (Lipinski definition) is 3. The fourth-order valence-corrected chi connectivity index (χ4v) is 9.10. The van der Waals surface area contributed by atoms with E-state index in [0.717, 1.165) is 27.8 Å². The lowest BCUT2D eigenvalue weighted by Crippen LogP contribution is -2.39. The van der Waals surface area contributed by atoms with Gasteiger partial charge in [-0.2, -0.15) is 0 Å². The van der Waals surface area contributed by atoms with Crippen LogP contribution in [0.3, 0.4) is 0 Å². The summed E-state index contributed by atoms with van der Waals surface area (Å²) in [5, 5.41) is 39.9. The average molecular weight is 1030 g/mol. The molecule has 5 aromatic carbocycles. The molecule has 0 aliphatic rings. The normalized spacial score (nSPS) is 13.6. The monoisotopic (exact) mass is 1030 g/mol. The van der Waals surface area contributed by atoms with Crippen LogP contribution < -0.4 is 18.9 Å². The van der Waals surface area contributed by atoms with Crippen molar-refractivity contribution in [1.82, 2.24) is 0 Å². The highest BCUT2D eigenvalue weighted by Crippen LogP contribution is 2.48. The van der Waals surface area contributed by atoms with Crippen LogP contribution in [0.2, 0.25) is 0 Å². The predicted octanol–water partition coefficient (Wildman–Crippen LogP) is 14.6. The zero-order valence-electron chi connectivity index (χ0n) is 48.2. The number of aliphatic imine (C=N–C) groups is 2. The lowest BCUT2D eigenvalue weighted by molar-refractivity contribution is 0.0524. The van der Waals surface area contributed by atoms with Gasteiger partial charge in [0.15, 0.2) is 0 Å². The van der Waals surface area contributed by atoms with Crippen molar-refractivity contribution in [3.05, 3.63) is 197 Å². The van der Waals surface area contributed by atoms with Gasteiger partial charge in [0.05, 0.1) is 12.1 Å². The predicted molar refractivity (Wildman–Crippen MR) is 316 cm³/mol. The van der Waals surface area contributed by atoms with Gasteiger partial charge < -0.3 is 34.3 Å². The second-order valence-electron chi connectivity index (χ2n) is 24.0. The van der Waals surface area contributed by atoms with Crippen LogP contribution in [-0.2, 0) is 32.9 Å². The SMILES string of the molecule is C=CCOc1ccc(C(C)(C)C)cc1C(O)(c1cc(C(C)(C)C)ccc1OCC=C)[C@@H](C)N=Cc1cc(C)cc(C=N[C@H](C)C(O)(c2cc(C(C)(C)C)ccc2OCC=C)c2cc(C(C)(C)C)ccc2OCC=C)c1O. The van der Waals surface area contributed by atoms with Gasteiger partial charge in [-0.15, -0.1) is 0 Å². The molecule has 3 N–H and O–H groups in total. The molecule has 5 rings (SSSR count). The minimum absolute atomic E-state index is 0.0893. The number of phenolic OH excluding ortho intramolecular Hbond substituents is 1. The van der Waals surface area contributed by atoms with E-state index in [1.54, 1.807) is 36.7 Å². The molecule has 0 bridgehead atoms. The maximum atomic E-state index is 13.8. The molecule has 0 heterocycles. The molecule has 76 heavy (non-hydrogen) atoms. The largest absolute Gasteiger partial charge is 0.507 e. The fraction of sp³-hybridized carbons (Fsp3) is 0.403.